The quantitative estimate of drug-likeness (QED) is 0.711. The molecule has 0 aromatic heterocycles. The summed E-state index contributed by atoms with van der Waals surface area (Å²) in [4.78, 5) is 28.5. The number of amides is 2. The second-order valence-corrected chi connectivity index (χ2v) is 8.21. The van der Waals surface area contributed by atoms with Crippen molar-refractivity contribution in [1.82, 2.24) is 9.80 Å². The fraction of sp³-hybridized carbons (Fsp3) is 0.846. The van der Waals surface area contributed by atoms with E-state index >= 15 is 0 Å². The van der Waals surface area contributed by atoms with Gasteiger partial charge in [0.2, 0.25) is 11.8 Å². The Morgan fingerprint density at radius 2 is 2.30 bits per heavy atom. The van der Waals surface area contributed by atoms with Crippen LogP contribution >= 0.6 is 23.5 Å². The first kappa shape index (κ1) is 14.5. The van der Waals surface area contributed by atoms with Crippen LogP contribution in [-0.2, 0) is 14.3 Å². The Bertz CT molecular complexity index is 434. The summed E-state index contributed by atoms with van der Waals surface area (Å²) < 4.78 is 5.49. The Hall–Kier alpha value is -0.400. The van der Waals surface area contributed by atoms with Crippen LogP contribution in [-0.4, -0.2) is 75.6 Å². The Labute approximate surface area is 127 Å². The van der Waals surface area contributed by atoms with Crippen LogP contribution in [0.1, 0.15) is 13.8 Å². The van der Waals surface area contributed by atoms with Gasteiger partial charge in [0.05, 0.1) is 23.3 Å². The number of ether oxygens (including phenoxy) is 1. The van der Waals surface area contributed by atoms with E-state index in [0.717, 1.165) is 5.75 Å². The fourth-order valence-corrected chi connectivity index (χ4v) is 5.78. The lowest BCUT2D eigenvalue weighted by molar-refractivity contribution is -0.149. The molecule has 0 spiro atoms. The van der Waals surface area contributed by atoms with Gasteiger partial charge in [0.1, 0.15) is 6.04 Å². The molecule has 112 valence electrons. The van der Waals surface area contributed by atoms with Gasteiger partial charge in [0, 0.05) is 24.6 Å². The van der Waals surface area contributed by atoms with E-state index in [-0.39, 0.29) is 28.8 Å². The average Bonchev–Trinajstić information content (AvgIpc) is 2.77. The van der Waals surface area contributed by atoms with Crippen molar-refractivity contribution in [2.75, 3.05) is 37.0 Å². The minimum Gasteiger partial charge on any atom is -0.375 e. The summed E-state index contributed by atoms with van der Waals surface area (Å²) in [5.41, 5.74) is 0. The highest BCUT2D eigenvalue weighted by Crippen LogP contribution is 2.44. The third-order valence-corrected chi connectivity index (χ3v) is 6.92. The monoisotopic (exact) mass is 316 g/mol. The molecule has 2 amide bonds. The van der Waals surface area contributed by atoms with Gasteiger partial charge in [-0.2, -0.15) is 0 Å². The van der Waals surface area contributed by atoms with Crippen molar-refractivity contribution in [2.24, 2.45) is 0 Å². The summed E-state index contributed by atoms with van der Waals surface area (Å²) in [5, 5.41) is 0. The third kappa shape index (κ3) is 2.44. The van der Waals surface area contributed by atoms with E-state index in [0.29, 0.717) is 31.2 Å². The van der Waals surface area contributed by atoms with Crippen molar-refractivity contribution in [3.05, 3.63) is 0 Å². The van der Waals surface area contributed by atoms with Crippen molar-refractivity contribution in [3.63, 3.8) is 0 Å². The van der Waals surface area contributed by atoms with Crippen LogP contribution in [0, 0.1) is 0 Å². The van der Waals surface area contributed by atoms with E-state index in [9.17, 15) is 9.59 Å². The highest BCUT2D eigenvalue weighted by molar-refractivity contribution is 8.04. The normalized spacial score (nSPS) is 38.0. The maximum Gasteiger partial charge on any atom is 0.246 e. The average molecular weight is 316 g/mol. The first-order chi connectivity index (χ1) is 9.51. The Morgan fingerprint density at radius 3 is 3.05 bits per heavy atom. The lowest BCUT2D eigenvalue weighted by Gasteiger charge is -2.42. The first-order valence-electron chi connectivity index (χ1n) is 6.95. The molecule has 20 heavy (non-hydrogen) atoms. The van der Waals surface area contributed by atoms with Gasteiger partial charge in [0.15, 0.2) is 0 Å². The lowest BCUT2D eigenvalue weighted by Crippen LogP contribution is -2.59. The molecule has 0 aromatic rings. The molecule has 3 heterocycles. The van der Waals surface area contributed by atoms with E-state index in [4.69, 9.17) is 4.74 Å². The Balaban J connectivity index is 1.76. The number of morpholine rings is 1. The van der Waals surface area contributed by atoms with Crippen molar-refractivity contribution in [3.8, 4) is 0 Å². The van der Waals surface area contributed by atoms with Crippen molar-refractivity contribution in [1.29, 1.82) is 0 Å². The molecule has 0 N–H and O–H groups in total. The Morgan fingerprint density at radius 1 is 1.50 bits per heavy atom. The summed E-state index contributed by atoms with van der Waals surface area (Å²) in [6.45, 7) is 5.92. The molecule has 3 saturated heterocycles. The summed E-state index contributed by atoms with van der Waals surface area (Å²) in [7, 11) is 0. The molecule has 0 radical (unpaired) electrons. The SMILES string of the molecule is C[C@@H]1CN(C(=O)[C@@H]2CS[C@@]3(C)CSCC(=O)N23)CCO1. The smallest absolute Gasteiger partial charge is 0.246 e. The number of carbonyl (C=O) groups is 2. The van der Waals surface area contributed by atoms with Crippen molar-refractivity contribution >= 4 is 35.3 Å². The number of rotatable bonds is 1. The maximum atomic E-state index is 12.7. The Kier molecular flexibility index (Phi) is 3.94. The standard InChI is InChI=1S/C13H20N2O3S2/c1-9-5-14(3-4-18-9)12(17)10-6-20-13(2)8-19-7-11(16)15(10)13/h9-10H,3-8H2,1-2H3/t9-,10+,13+/m1/s1. The molecule has 5 nitrogen and oxygen atoms in total. The first-order valence-corrected chi connectivity index (χ1v) is 9.09. The molecule has 0 aromatic carbocycles. The third-order valence-electron chi connectivity index (χ3n) is 4.08. The summed E-state index contributed by atoms with van der Waals surface area (Å²) in [6.07, 6.45) is 0.0840. The minimum atomic E-state index is -0.288. The number of thioether (sulfide) groups is 2. The van der Waals surface area contributed by atoms with Gasteiger partial charge in [-0.3, -0.25) is 9.59 Å². The van der Waals surface area contributed by atoms with Gasteiger partial charge >= 0.3 is 0 Å². The molecule has 3 rings (SSSR count). The van der Waals surface area contributed by atoms with Crippen LogP contribution < -0.4 is 0 Å². The van der Waals surface area contributed by atoms with E-state index in [1.54, 1.807) is 23.5 Å². The van der Waals surface area contributed by atoms with Gasteiger partial charge in [-0.15, -0.1) is 23.5 Å². The van der Waals surface area contributed by atoms with Crippen LogP contribution in [0.3, 0.4) is 0 Å². The van der Waals surface area contributed by atoms with E-state index in [1.807, 2.05) is 16.7 Å². The van der Waals surface area contributed by atoms with Gasteiger partial charge < -0.3 is 14.5 Å². The molecule has 3 aliphatic rings. The highest BCUT2D eigenvalue weighted by Gasteiger charge is 2.52. The van der Waals surface area contributed by atoms with Gasteiger partial charge in [-0.05, 0) is 13.8 Å². The summed E-state index contributed by atoms with van der Waals surface area (Å²) in [5.74, 6) is 2.32. The fourth-order valence-electron chi connectivity index (χ4n) is 3.09. The summed E-state index contributed by atoms with van der Waals surface area (Å²) >= 11 is 3.41. The molecule has 0 aliphatic carbocycles. The topological polar surface area (TPSA) is 49.9 Å². The zero-order valence-electron chi connectivity index (χ0n) is 11.8. The second-order valence-electron chi connectivity index (χ2n) is 5.72. The van der Waals surface area contributed by atoms with E-state index in [1.165, 1.54) is 0 Å². The number of carbonyl (C=O) groups excluding carboxylic acids is 2. The number of nitrogens with zero attached hydrogens (tertiary/aromatic N) is 2. The predicted octanol–water partition coefficient (Wildman–Crippen LogP) is 0.641. The van der Waals surface area contributed by atoms with Crippen molar-refractivity contribution < 1.29 is 14.3 Å². The molecule has 3 fully saturated rings. The maximum absolute atomic E-state index is 12.7. The molecular formula is C13H20N2O3S2. The molecule has 3 aliphatic heterocycles. The van der Waals surface area contributed by atoms with Crippen LogP contribution in [0.25, 0.3) is 0 Å². The van der Waals surface area contributed by atoms with Crippen LogP contribution in [0.15, 0.2) is 0 Å². The zero-order valence-corrected chi connectivity index (χ0v) is 13.5. The van der Waals surface area contributed by atoms with Crippen LogP contribution in [0.4, 0.5) is 0 Å². The summed E-state index contributed by atoms with van der Waals surface area (Å²) in [6, 6.07) is -0.288. The van der Waals surface area contributed by atoms with Crippen LogP contribution in [0.2, 0.25) is 0 Å². The van der Waals surface area contributed by atoms with Gasteiger partial charge in [-0.25, -0.2) is 0 Å². The zero-order chi connectivity index (χ0) is 14.3. The molecule has 0 unspecified atom stereocenters. The van der Waals surface area contributed by atoms with E-state index in [2.05, 4.69) is 6.92 Å². The molecule has 0 bridgehead atoms. The van der Waals surface area contributed by atoms with E-state index < -0.39 is 0 Å². The van der Waals surface area contributed by atoms with Crippen molar-refractivity contribution in [2.45, 2.75) is 30.9 Å². The van der Waals surface area contributed by atoms with Gasteiger partial charge in [0.25, 0.3) is 0 Å². The predicted molar refractivity (Wildman–Crippen MR) is 80.8 cm³/mol. The largest absolute Gasteiger partial charge is 0.375 e. The lowest BCUT2D eigenvalue weighted by atomic mass is 10.1. The van der Waals surface area contributed by atoms with Crippen LogP contribution in [0.5, 0.6) is 0 Å². The number of hydrogen-bond donors (Lipinski definition) is 0. The highest BCUT2D eigenvalue weighted by atomic mass is 32.2. The second kappa shape index (κ2) is 5.42. The molecular weight excluding hydrogens is 296 g/mol. The number of fused-ring (bicyclic) bond motifs is 1. The number of hydrogen-bond acceptors (Lipinski definition) is 5. The minimum absolute atomic E-state index is 0.0840. The van der Waals surface area contributed by atoms with Gasteiger partial charge in [-0.1, -0.05) is 0 Å². The molecule has 3 atom stereocenters. The molecule has 0 saturated carbocycles. The molecule has 7 heteroatoms.